The smallest absolute Gasteiger partial charge is 0.0631 e. The molecule has 158 valence electrons. The van der Waals surface area contributed by atoms with Crippen LogP contribution in [0, 0.1) is 5.92 Å². The summed E-state index contributed by atoms with van der Waals surface area (Å²) in [6.45, 7) is 19.8. The van der Waals surface area contributed by atoms with Gasteiger partial charge in [0.2, 0.25) is 0 Å². The van der Waals surface area contributed by atoms with E-state index in [0.29, 0.717) is 23.9 Å². The molecule has 2 saturated heterocycles. The monoisotopic (exact) mass is 380 g/mol. The Hall–Kier alpha value is -0.160. The average molecular weight is 381 g/mol. The van der Waals surface area contributed by atoms with E-state index in [4.69, 9.17) is 9.47 Å². The van der Waals surface area contributed by atoms with Crippen molar-refractivity contribution in [3.63, 3.8) is 0 Å². The largest absolute Gasteiger partial charge is 0.375 e. The molecule has 1 atom stereocenters. The Balaban J connectivity index is 1.32. The van der Waals surface area contributed by atoms with Gasteiger partial charge in [0.15, 0.2) is 0 Å². The Morgan fingerprint density at radius 1 is 0.815 bits per heavy atom. The van der Waals surface area contributed by atoms with Crippen LogP contribution in [0.2, 0.25) is 0 Å². The van der Waals surface area contributed by atoms with Gasteiger partial charge < -0.3 is 14.4 Å². The summed E-state index contributed by atoms with van der Waals surface area (Å²) >= 11 is 0. The number of ether oxygens (including phenoxy) is 2. The summed E-state index contributed by atoms with van der Waals surface area (Å²) in [5.74, 6) is 0.845. The van der Waals surface area contributed by atoms with E-state index in [1.54, 1.807) is 0 Å². The minimum Gasteiger partial charge on any atom is -0.375 e. The lowest BCUT2D eigenvalue weighted by atomic mass is 9.90. The maximum atomic E-state index is 6.36. The Bertz CT molecular complexity index is 454. The number of piperidine rings is 2. The zero-order chi connectivity index (χ0) is 19.7. The molecule has 1 saturated carbocycles. The van der Waals surface area contributed by atoms with E-state index >= 15 is 0 Å². The highest BCUT2D eigenvalue weighted by atomic mass is 16.5. The van der Waals surface area contributed by atoms with Crippen molar-refractivity contribution in [2.75, 3.05) is 32.7 Å². The van der Waals surface area contributed by atoms with Crippen LogP contribution in [-0.4, -0.2) is 72.0 Å². The summed E-state index contributed by atoms with van der Waals surface area (Å²) in [6, 6.07) is 0. The second-order valence-electron chi connectivity index (χ2n) is 11.2. The molecule has 4 heteroatoms. The molecule has 0 aromatic heterocycles. The molecule has 3 fully saturated rings. The summed E-state index contributed by atoms with van der Waals surface area (Å²) in [6.07, 6.45) is 8.67. The van der Waals surface area contributed by atoms with Crippen molar-refractivity contribution in [1.82, 2.24) is 9.80 Å². The second kappa shape index (κ2) is 8.69. The molecular formula is C23H44N2O2. The van der Waals surface area contributed by atoms with Crippen LogP contribution in [0.25, 0.3) is 0 Å². The zero-order valence-corrected chi connectivity index (χ0v) is 18.8. The predicted molar refractivity (Wildman–Crippen MR) is 112 cm³/mol. The first-order chi connectivity index (χ1) is 12.6. The standard InChI is InChI=1S/C23H44N2O2/c1-22(2,3)25-11-7-8-18(17-25)16-24-12-9-19(10-13-24)26-20-14-21(15-20)27-23(4,5)6/h18-21H,7-17H2,1-6H3. The fourth-order valence-corrected chi connectivity index (χ4v) is 4.91. The van der Waals surface area contributed by atoms with Crippen LogP contribution in [0.3, 0.4) is 0 Å². The highest BCUT2D eigenvalue weighted by Gasteiger charge is 2.36. The van der Waals surface area contributed by atoms with Crippen molar-refractivity contribution in [2.24, 2.45) is 5.92 Å². The number of hydrogen-bond donors (Lipinski definition) is 0. The Morgan fingerprint density at radius 3 is 2.07 bits per heavy atom. The van der Waals surface area contributed by atoms with Crippen LogP contribution >= 0.6 is 0 Å². The number of nitrogens with zero attached hydrogens (tertiary/aromatic N) is 2. The number of hydrogen-bond acceptors (Lipinski definition) is 4. The van der Waals surface area contributed by atoms with Crippen LogP contribution in [0.15, 0.2) is 0 Å². The summed E-state index contributed by atoms with van der Waals surface area (Å²) in [5.41, 5.74) is 0.291. The molecule has 0 spiro atoms. The fourth-order valence-electron chi connectivity index (χ4n) is 4.91. The SMILES string of the molecule is CC(C)(C)OC1CC(OC2CCN(CC3CCCN(C(C)(C)C)C3)CC2)C1. The van der Waals surface area contributed by atoms with Gasteiger partial charge in [0.25, 0.3) is 0 Å². The predicted octanol–water partition coefficient (Wildman–Crippen LogP) is 4.32. The lowest BCUT2D eigenvalue weighted by Crippen LogP contribution is -2.50. The van der Waals surface area contributed by atoms with Crippen LogP contribution in [0.4, 0.5) is 0 Å². The first-order valence-corrected chi connectivity index (χ1v) is 11.4. The van der Waals surface area contributed by atoms with Crippen molar-refractivity contribution in [2.45, 2.75) is 110 Å². The quantitative estimate of drug-likeness (QED) is 0.709. The molecule has 0 aromatic carbocycles. The maximum Gasteiger partial charge on any atom is 0.0631 e. The van der Waals surface area contributed by atoms with Crippen molar-refractivity contribution in [1.29, 1.82) is 0 Å². The first kappa shape index (κ1) is 21.5. The van der Waals surface area contributed by atoms with E-state index in [1.165, 1.54) is 58.4 Å². The molecule has 3 rings (SSSR count). The maximum absolute atomic E-state index is 6.36. The van der Waals surface area contributed by atoms with E-state index in [9.17, 15) is 0 Å². The van der Waals surface area contributed by atoms with Gasteiger partial charge in [0.1, 0.15) is 0 Å². The third-order valence-corrected chi connectivity index (χ3v) is 6.48. The molecule has 3 aliphatic rings. The van der Waals surface area contributed by atoms with Gasteiger partial charge in [-0.05, 0) is 92.5 Å². The van der Waals surface area contributed by atoms with Gasteiger partial charge in [-0.1, -0.05) is 0 Å². The molecular weight excluding hydrogens is 336 g/mol. The third kappa shape index (κ3) is 6.69. The van der Waals surface area contributed by atoms with Crippen LogP contribution in [-0.2, 0) is 9.47 Å². The lowest BCUT2D eigenvalue weighted by Gasteiger charge is -2.44. The van der Waals surface area contributed by atoms with Crippen molar-refractivity contribution >= 4 is 0 Å². The Labute approximate surface area is 167 Å². The molecule has 1 unspecified atom stereocenters. The molecule has 0 amide bonds. The van der Waals surface area contributed by atoms with Gasteiger partial charge in [0, 0.05) is 31.7 Å². The molecule has 4 nitrogen and oxygen atoms in total. The molecule has 0 aromatic rings. The van der Waals surface area contributed by atoms with E-state index in [1.807, 2.05) is 0 Å². The molecule has 2 aliphatic heterocycles. The number of likely N-dealkylation sites (tertiary alicyclic amines) is 2. The fraction of sp³-hybridized carbons (Fsp3) is 1.00. The van der Waals surface area contributed by atoms with Crippen molar-refractivity contribution < 1.29 is 9.47 Å². The van der Waals surface area contributed by atoms with Gasteiger partial charge in [-0.15, -0.1) is 0 Å². The Morgan fingerprint density at radius 2 is 1.48 bits per heavy atom. The second-order valence-corrected chi connectivity index (χ2v) is 11.2. The highest BCUT2D eigenvalue weighted by Crippen LogP contribution is 2.32. The topological polar surface area (TPSA) is 24.9 Å². The third-order valence-electron chi connectivity index (χ3n) is 6.48. The van der Waals surface area contributed by atoms with Gasteiger partial charge in [-0.25, -0.2) is 0 Å². The molecule has 27 heavy (non-hydrogen) atoms. The summed E-state index contributed by atoms with van der Waals surface area (Å²) in [4.78, 5) is 5.38. The molecule has 1 aliphatic carbocycles. The average Bonchev–Trinajstić information content (AvgIpc) is 2.53. The van der Waals surface area contributed by atoms with Gasteiger partial charge >= 0.3 is 0 Å². The zero-order valence-electron chi connectivity index (χ0n) is 18.8. The van der Waals surface area contributed by atoms with Gasteiger partial charge in [0.05, 0.1) is 23.9 Å². The minimum absolute atomic E-state index is 0.0251. The van der Waals surface area contributed by atoms with E-state index in [0.717, 1.165) is 18.8 Å². The summed E-state index contributed by atoms with van der Waals surface area (Å²) in [7, 11) is 0. The first-order valence-electron chi connectivity index (χ1n) is 11.4. The summed E-state index contributed by atoms with van der Waals surface area (Å²) < 4.78 is 12.4. The molecule has 0 bridgehead atoms. The molecule has 0 radical (unpaired) electrons. The molecule has 0 N–H and O–H groups in total. The number of rotatable bonds is 5. The van der Waals surface area contributed by atoms with E-state index < -0.39 is 0 Å². The summed E-state index contributed by atoms with van der Waals surface area (Å²) in [5, 5.41) is 0. The Kier molecular flexibility index (Phi) is 6.93. The van der Waals surface area contributed by atoms with Gasteiger partial charge in [-0.3, -0.25) is 4.90 Å². The van der Waals surface area contributed by atoms with E-state index in [-0.39, 0.29) is 5.60 Å². The van der Waals surface area contributed by atoms with E-state index in [2.05, 4.69) is 51.3 Å². The molecule has 2 heterocycles. The minimum atomic E-state index is -0.0251. The highest BCUT2D eigenvalue weighted by molar-refractivity contribution is 4.87. The van der Waals surface area contributed by atoms with Crippen molar-refractivity contribution in [3.05, 3.63) is 0 Å². The van der Waals surface area contributed by atoms with Crippen LogP contribution in [0.5, 0.6) is 0 Å². The van der Waals surface area contributed by atoms with Crippen LogP contribution in [0.1, 0.15) is 80.1 Å². The lowest BCUT2D eigenvalue weighted by molar-refractivity contribution is -0.167. The van der Waals surface area contributed by atoms with Crippen molar-refractivity contribution in [3.8, 4) is 0 Å². The normalized spacial score (nSPS) is 32.4. The van der Waals surface area contributed by atoms with Gasteiger partial charge in [-0.2, -0.15) is 0 Å². The van der Waals surface area contributed by atoms with Crippen LogP contribution < -0.4 is 0 Å².